The molecule has 6 nitrogen and oxygen atoms in total. The van der Waals surface area contributed by atoms with Crippen molar-refractivity contribution < 1.29 is 14.3 Å². The molecule has 140 valence electrons. The number of benzene rings is 2. The largest absolute Gasteiger partial charge is 0.486 e. The third-order valence-electron chi connectivity index (χ3n) is 4.78. The highest BCUT2D eigenvalue weighted by atomic mass is 16.6. The maximum atomic E-state index is 12.7. The van der Waals surface area contributed by atoms with Crippen LogP contribution in [-0.2, 0) is 0 Å². The molecule has 0 bridgehead atoms. The van der Waals surface area contributed by atoms with Gasteiger partial charge in [-0.1, -0.05) is 12.1 Å². The number of hydrazone groups is 1. The molecular weight excluding hydrogens is 342 g/mol. The second kappa shape index (κ2) is 7.31. The molecule has 2 aromatic rings. The predicted octanol–water partition coefficient (Wildman–Crippen LogP) is 3.18. The lowest BCUT2D eigenvalue weighted by atomic mass is 10.1. The quantitative estimate of drug-likeness (QED) is 0.835. The lowest BCUT2D eigenvalue weighted by molar-refractivity contribution is 0.0521. The molecule has 1 amide bonds. The zero-order valence-corrected chi connectivity index (χ0v) is 15.6. The number of fused-ring (bicyclic) bond motifs is 1. The molecule has 0 saturated carbocycles. The number of carbonyl (C=O) groups is 1. The molecule has 2 aliphatic rings. The zero-order chi connectivity index (χ0) is 18.8. The van der Waals surface area contributed by atoms with Crippen molar-refractivity contribution in [1.82, 2.24) is 4.90 Å². The van der Waals surface area contributed by atoms with Gasteiger partial charge in [0.25, 0.3) is 5.91 Å². The van der Waals surface area contributed by atoms with Gasteiger partial charge in [0.1, 0.15) is 6.61 Å². The summed E-state index contributed by atoms with van der Waals surface area (Å²) in [6.07, 6.45) is 0.797. The number of carbonyl (C=O) groups excluding carboxylic acids is 1. The SMILES string of the molecule is CC1=NN(c2ccc(C(=O)N(C)C[C@H]3COc4ccccc4O3)cc2)CC1. The molecule has 6 heteroatoms. The highest BCUT2D eigenvalue weighted by Gasteiger charge is 2.24. The Balaban J connectivity index is 1.38. The molecule has 0 saturated heterocycles. The summed E-state index contributed by atoms with van der Waals surface area (Å²) in [5, 5.41) is 6.46. The molecule has 4 rings (SSSR count). The van der Waals surface area contributed by atoms with Crippen molar-refractivity contribution in [3.8, 4) is 11.5 Å². The van der Waals surface area contributed by atoms with E-state index in [4.69, 9.17) is 9.47 Å². The number of amides is 1. The van der Waals surface area contributed by atoms with Crippen LogP contribution < -0.4 is 14.5 Å². The van der Waals surface area contributed by atoms with E-state index in [1.807, 2.05) is 60.5 Å². The van der Waals surface area contributed by atoms with E-state index in [-0.39, 0.29) is 12.0 Å². The monoisotopic (exact) mass is 365 g/mol. The fraction of sp³-hybridized carbons (Fsp3) is 0.333. The summed E-state index contributed by atoms with van der Waals surface area (Å²) < 4.78 is 11.7. The summed E-state index contributed by atoms with van der Waals surface area (Å²) >= 11 is 0. The third-order valence-corrected chi connectivity index (χ3v) is 4.78. The molecule has 0 unspecified atom stereocenters. The number of anilines is 1. The van der Waals surface area contributed by atoms with Gasteiger partial charge in [-0.2, -0.15) is 5.10 Å². The minimum atomic E-state index is -0.185. The van der Waals surface area contributed by atoms with Gasteiger partial charge in [-0.3, -0.25) is 9.80 Å². The van der Waals surface area contributed by atoms with Crippen molar-refractivity contribution in [2.45, 2.75) is 19.4 Å². The van der Waals surface area contributed by atoms with Crippen molar-refractivity contribution in [2.75, 3.05) is 31.8 Å². The minimum absolute atomic E-state index is 0.0369. The first-order valence-corrected chi connectivity index (χ1v) is 9.16. The fourth-order valence-corrected chi connectivity index (χ4v) is 3.30. The van der Waals surface area contributed by atoms with E-state index in [0.717, 1.165) is 35.9 Å². The lowest BCUT2D eigenvalue weighted by Gasteiger charge is -2.29. The number of hydrogen-bond donors (Lipinski definition) is 0. The first-order chi connectivity index (χ1) is 13.1. The highest BCUT2D eigenvalue weighted by molar-refractivity contribution is 5.94. The van der Waals surface area contributed by atoms with Crippen LogP contribution in [0.15, 0.2) is 53.6 Å². The molecular formula is C21H23N3O3. The molecule has 27 heavy (non-hydrogen) atoms. The normalized spacial score (nSPS) is 18.2. The lowest BCUT2D eigenvalue weighted by Crippen LogP contribution is -2.41. The average Bonchev–Trinajstić information content (AvgIpc) is 3.14. The number of ether oxygens (including phenoxy) is 2. The fourth-order valence-electron chi connectivity index (χ4n) is 3.30. The van der Waals surface area contributed by atoms with Gasteiger partial charge in [0, 0.05) is 31.3 Å². The number of nitrogens with zero attached hydrogens (tertiary/aromatic N) is 3. The van der Waals surface area contributed by atoms with E-state index in [2.05, 4.69) is 5.10 Å². The van der Waals surface area contributed by atoms with Crippen LogP contribution in [0.3, 0.4) is 0 Å². The van der Waals surface area contributed by atoms with E-state index < -0.39 is 0 Å². The van der Waals surface area contributed by atoms with E-state index in [1.54, 1.807) is 11.9 Å². The van der Waals surface area contributed by atoms with Gasteiger partial charge < -0.3 is 14.4 Å². The van der Waals surface area contributed by atoms with Crippen LogP contribution in [0.25, 0.3) is 0 Å². The molecule has 0 N–H and O–H groups in total. The number of hydrogen-bond acceptors (Lipinski definition) is 5. The minimum Gasteiger partial charge on any atom is -0.486 e. The van der Waals surface area contributed by atoms with Crippen LogP contribution in [0.5, 0.6) is 11.5 Å². The van der Waals surface area contributed by atoms with Crippen molar-refractivity contribution in [3.63, 3.8) is 0 Å². The number of likely N-dealkylation sites (N-methyl/N-ethyl adjacent to an activating group) is 1. The van der Waals surface area contributed by atoms with Crippen molar-refractivity contribution in [3.05, 3.63) is 54.1 Å². The first kappa shape index (κ1) is 17.4. The summed E-state index contributed by atoms with van der Waals surface area (Å²) in [6.45, 7) is 3.81. The molecule has 0 fully saturated rings. The Morgan fingerprint density at radius 3 is 2.63 bits per heavy atom. The summed E-state index contributed by atoms with van der Waals surface area (Å²) in [5.41, 5.74) is 2.79. The summed E-state index contributed by atoms with van der Waals surface area (Å²) in [7, 11) is 1.79. The van der Waals surface area contributed by atoms with E-state index >= 15 is 0 Å². The number of rotatable bonds is 4. The van der Waals surface area contributed by atoms with E-state index in [0.29, 0.717) is 18.7 Å². The van der Waals surface area contributed by atoms with Gasteiger partial charge in [-0.25, -0.2) is 0 Å². The Kier molecular flexibility index (Phi) is 4.71. The van der Waals surface area contributed by atoms with Gasteiger partial charge in [-0.05, 0) is 43.3 Å². The molecule has 2 aromatic carbocycles. The van der Waals surface area contributed by atoms with Crippen LogP contribution in [0.1, 0.15) is 23.7 Å². The topological polar surface area (TPSA) is 54.4 Å². The van der Waals surface area contributed by atoms with Gasteiger partial charge >= 0.3 is 0 Å². The van der Waals surface area contributed by atoms with Crippen LogP contribution in [0.2, 0.25) is 0 Å². The smallest absolute Gasteiger partial charge is 0.253 e. The van der Waals surface area contributed by atoms with Crippen LogP contribution in [0, 0.1) is 0 Å². The molecule has 0 aromatic heterocycles. The van der Waals surface area contributed by atoms with Gasteiger partial charge in [-0.15, -0.1) is 0 Å². The molecule has 2 aliphatic heterocycles. The zero-order valence-electron chi connectivity index (χ0n) is 15.6. The summed E-state index contributed by atoms with van der Waals surface area (Å²) in [4.78, 5) is 14.4. The maximum absolute atomic E-state index is 12.7. The second-order valence-corrected chi connectivity index (χ2v) is 6.94. The van der Waals surface area contributed by atoms with Crippen LogP contribution in [-0.4, -0.2) is 49.4 Å². The maximum Gasteiger partial charge on any atom is 0.253 e. The second-order valence-electron chi connectivity index (χ2n) is 6.94. The molecule has 0 radical (unpaired) electrons. The third kappa shape index (κ3) is 3.74. The molecule has 1 atom stereocenters. The Morgan fingerprint density at radius 1 is 1.19 bits per heavy atom. The van der Waals surface area contributed by atoms with Gasteiger partial charge in [0.15, 0.2) is 17.6 Å². The Hall–Kier alpha value is -3.02. The average molecular weight is 365 g/mol. The first-order valence-electron chi connectivity index (χ1n) is 9.16. The standard InChI is InChI=1S/C21H23N3O3/c1-15-11-12-24(22-15)17-9-7-16(8-10-17)21(25)23(2)13-18-14-26-19-5-3-4-6-20(19)27-18/h3-10,18H,11-14H2,1-2H3/t18-/m0/s1. The van der Waals surface area contributed by atoms with Crippen LogP contribution >= 0.6 is 0 Å². The van der Waals surface area contributed by atoms with Crippen molar-refractivity contribution in [1.29, 1.82) is 0 Å². The Bertz CT molecular complexity index is 863. The van der Waals surface area contributed by atoms with E-state index in [1.165, 1.54) is 0 Å². The van der Waals surface area contributed by atoms with Gasteiger partial charge in [0.05, 0.1) is 12.2 Å². The summed E-state index contributed by atoms with van der Waals surface area (Å²) in [6, 6.07) is 15.2. The van der Waals surface area contributed by atoms with Gasteiger partial charge in [0.2, 0.25) is 0 Å². The Morgan fingerprint density at radius 2 is 1.93 bits per heavy atom. The molecule has 0 spiro atoms. The highest BCUT2D eigenvalue weighted by Crippen LogP contribution is 2.31. The predicted molar refractivity (Wildman–Crippen MR) is 105 cm³/mol. The number of para-hydroxylation sites is 2. The molecule has 2 heterocycles. The van der Waals surface area contributed by atoms with Crippen molar-refractivity contribution in [2.24, 2.45) is 5.10 Å². The summed E-state index contributed by atoms with van der Waals surface area (Å²) in [5.74, 6) is 1.43. The van der Waals surface area contributed by atoms with Crippen molar-refractivity contribution >= 4 is 17.3 Å². The molecule has 0 aliphatic carbocycles. The van der Waals surface area contributed by atoms with E-state index in [9.17, 15) is 4.79 Å². The van der Waals surface area contributed by atoms with Crippen LogP contribution in [0.4, 0.5) is 5.69 Å². The Labute approximate surface area is 159 Å².